The Balaban J connectivity index is 0.00000312. The molecule has 2 rings (SSSR count). The zero-order valence-electron chi connectivity index (χ0n) is 15.3. The number of nitrogens with zero attached hydrogens (tertiary/aromatic N) is 1. The van der Waals surface area contributed by atoms with Gasteiger partial charge in [-0.3, -0.25) is 4.99 Å². The van der Waals surface area contributed by atoms with E-state index >= 15 is 0 Å². The van der Waals surface area contributed by atoms with Gasteiger partial charge in [0.2, 0.25) is 0 Å². The Hall–Kier alpha value is -0.160. The number of rotatable bonds is 10. The van der Waals surface area contributed by atoms with Crippen molar-refractivity contribution in [3.63, 3.8) is 0 Å². The third-order valence-corrected chi connectivity index (χ3v) is 4.77. The Morgan fingerprint density at radius 3 is 2.88 bits per heavy atom. The van der Waals surface area contributed by atoms with Gasteiger partial charge < -0.3 is 30.0 Å². The summed E-state index contributed by atoms with van der Waals surface area (Å²) in [5.41, 5.74) is 0.0246. The standard InChI is InChI=1S/C17H33N3O4.HI/c1-18-16(20-13-17(5-8-21)6-11-23-14-17)19-7-3-9-22-12-15-4-2-10-24-15;/h15,21H,2-14H2,1H3,(H2,18,19,20);1H. The lowest BCUT2D eigenvalue weighted by Crippen LogP contribution is -2.44. The van der Waals surface area contributed by atoms with E-state index in [9.17, 15) is 5.11 Å². The van der Waals surface area contributed by atoms with E-state index in [1.54, 1.807) is 7.05 Å². The number of ether oxygens (including phenoxy) is 3. The molecule has 2 atom stereocenters. The SMILES string of the molecule is CN=C(NCCCOCC1CCCO1)NCC1(CCO)CCOC1.I. The van der Waals surface area contributed by atoms with Crippen LogP contribution in [-0.2, 0) is 14.2 Å². The Bertz CT molecular complexity index is 373. The summed E-state index contributed by atoms with van der Waals surface area (Å²) in [4.78, 5) is 4.25. The molecule has 0 aromatic heterocycles. The average molecular weight is 471 g/mol. The van der Waals surface area contributed by atoms with Gasteiger partial charge in [-0.25, -0.2) is 0 Å². The number of halogens is 1. The summed E-state index contributed by atoms with van der Waals surface area (Å²) in [6.07, 6.45) is 5.24. The molecule has 0 aromatic rings. The van der Waals surface area contributed by atoms with Gasteiger partial charge in [0.15, 0.2) is 5.96 Å². The van der Waals surface area contributed by atoms with E-state index in [0.717, 1.165) is 71.0 Å². The lowest BCUT2D eigenvalue weighted by Gasteiger charge is -2.27. The first-order chi connectivity index (χ1) is 11.8. The van der Waals surface area contributed by atoms with Crippen molar-refractivity contribution in [2.24, 2.45) is 10.4 Å². The van der Waals surface area contributed by atoms with Crippen molar-refractivity contribution in [3.8, 4) is 0 Å². The fourth-order valence-corrected chi connectivity index (χ4v) is 3.18. The van der Waals surface area contributed by atoms with Crippen LogP contribution in [0.1, 0.15) is 32.1 Å². The van der Waals surface area contributed by atoms with Crippen LogP contribution in [0.15, 0.2) is 4.99 Å². The first kappa shape index (κ1) is 22.9. The molecular weight excluding hydrogens is 437 g/mol. The van der Waals surface area contributed by atoms with E-state index in [-0.39, 0.29) is 36.0 Å². The van der Waals surface area contributed by atoms with E-state index in [4.69, 9.17) is 14.2 Å². The van der Waals surface area contributed by atoms with E-state index in [0.29, 0.717) is 19.3 Å². The minimum atomic E-state index is 0. The fraction of sp³-hybridized carbons (Fsp3) is 0.941. The molecule has 0 aromatic carbocycles. The lowest BCUT2D eigenvalue weighted by molar-refractivity contribution is 0.0168. The van der Waals surface area contributed by atoms with Crippen molar-refractivity contribution in [1.29, 1.82) is 0 Å². The van der Waals surface area contributed by atoms with Crippen LogP contribution in [0.25, 0.3) is 0 Å². The fourth-order valence-electron chi connectivity index (χ4n) is 3.18. The molecule has 0 spiro atoms. The highest BCUT2D eigenvalue weighted by molar-refractivity contribution is 14.0. The second-order valence-electron chi connectivity index (χ2n) is 6.69. The summed E-state index contributed by atoms with van der Waals surface area (Å²) in [5.74, 6) is 0.790. The minimum Gasteiger partial charge on any atom is -0.396 e. The van der Waals surface area contributed by atoms with Crippen LogP contribution in [-0.4, -0.2) is 76.9 Å². The van der Waals surface area contributed by atoms with E-state index in [1.807, 2.05) is 0 Å². The van der Waals surface area contributed by atoms with E-state index < -0.39 is 0 Å². The van der Waals surface area contributed by atoms with Crippen LogP contribution in [0.2, 0.25) is 0 Å². The zero-order valence-corrected chi connectivity index (χ0v) is 17.6. The van der Waals surface area contributed by atoms with Crippen LogP contribution in [0, 0.1) is 5.41 Å². The molecule has 8 heteroatoms. The number of guanidine groups is 1. The number of aliphatic hydroxyl groups is 1. The largest absolute Gasteiger partial charge is 0.396 e. The maximum Gasteiger partial charge on any atom is 0.190 e. The summed E-state index contributed by atoms with van der Waals surface area (Å²) in [5, 5.41) is 15.9. The van der Waals surface area contributed by atoms with Gasteiger partial charge in [0.1, 0.15) is 0 Å². The number of hydrogen-bond donors (Lipinski definition) is 3. The van der Waals surface area contributed by atoms with Gasteiger partial charge in [0.05, 0.1) is 19.3 Å². The van der Waals surface area contributed by atoms with Crippen LogP contribution in [0.4, 0.5) is 0 Å². The highest BCUT2D eigenvalue weighted by Gasteiger charge is 2.34. The van der Waals surface area contributed by atoms with Crippen molar-refractivity contribution < 1.29 is 19.3 Å². The van der Waals surface area contributed by atoms with Gasteiger partial charge in [-0.05, 0) is 32.1 Å². The second kappa shape index (κ2) is 13.1. The molecule has 0 aliphatic carbocycles. The van der Waals surface area contributed by atoms with Crippen molar-refractivity contribution in [2.45, 2.75) is 38.2 Å². The summed E-state index contributed by atoms with van der Waals surface area (Å²) < 4.78 is 16.7. The van der Waals surface area contributed by atoms with Gasteiger partial charge in [-0.1, -0.05) is 0 Å². The molecule has 0 bridgehead atoms. The maximum atomic E-state index is 9.26. The molecule has 2 unspecified atom stereocenters. The number of aliphatic imine (C=N–C) groups is 1. The summed E-state index contributed by atoms with van der Waals surface area (Å²) in [6.45, 7) is 5.56. The van der Waals surface area contributed by atoms with Gasteiger partial charge in [-0.15, -0.1) is 24.0 Å². The summed E-state index contributed by atoms with van der Waals surface area (Å²) in [7, 11) is 1.77. The lowest BCUT2D eigenvalue weighted by atomic mass is 9.84. The number of nitrogens with one attached hydrogen (secondary N) is 2. The van der Waals surface area contributed by atoms with Gasteiger partial charge in [-0.2, -0.15) is 0 Å². The quantitative estimate of drug-likeness (QED) is 0.192. The molecular formula is C17H34IN3O4. The van der Waals surface area contributed by atoms with Crippen molar-refractivity contribution >= 4 is 29.9 Å². The topological polar surface area (TPSA) is 84.3 Å². The van der Waals surface area contributed by atoms with Crippen molar-refractivity contribution in [3.05, 3.63) is 0 Å². The molecule has 0 saturated carbocycles. The predicted molar refractivity (Wildman–Crippen MR) is 109 cm³/mol. The van der Waals surface area contributed by atoms with Crippen LogP contribution in [0.3, 0.4) is 0 Å². The Kier molecular flexibility index (Phi) is 12.0. The van der Waals surface area contributed by atoms with Gasteiger partial charge >= 0.3 is 0 Å². The monoisotopic (exact) mass is 471 g/mol. The van der Waals surface area contributed by atoms with Gasteiger partial charge in [0, 0.05) is 52.0 Å². The Morgan fingerprint density at radius 1 is 1.36 bits per heavy atom. The molecule has 3 N–H and O–H groups in total. The Labute approximate surface area is 168 Å². The predicted octanol–water partition coefficient (Wildman–Crippen LogP) is 1.14. The smallest absolute Gasteiger partial charge is 0.190 e. The molecule has 7 nitrogen and oxygen atoms in total. The second-order valence-corrected chi connectivity index (χ2v) is 6.69. The van der Waals surface area contributed by atoms with E-state index in [2.05, 4.69) is 15.6 Å². The van der Waals surface area contributed by atoms with Crippen LogP contribution >= 0.6 is 24.0 Å². The summed E-state index contributed by atoms with van der Waals surface area (Å²) >= 11 is 0. The molecule has 2 aliphatic rings. The molecule has 0 amide bonds. The number of aliphatic hydroxyl groups excluding tert-OH is 1. The molecule has 2 saturated heterocycles. The molecule has 2 aliphatic heterocycles. The third-order valence-electron chi connectivity index (χ3n) is 4.77. The average Bonchev–Trinajstić information content (AvgIpc) is 3.26. The highest BCUT2D eigenvalue weighted by Crippen LogP contribution is 2.31. The number of hydrogen-bond acceptors (Lipinski definition) is 5. The van der Waals surface area contributed by atoms with Crippen molar-refractivity contribution in [1.82, 2.24) is 10.6 Å². The first-order valence-corrected chi connectivity index (χ1v) is 9.10. The molecule has 0 radical (unpaired) electrons. The van der Waals surface area contributed by atoms with Crippen molar-refractivity contribution in [2.75, 3.05) is 59.8 Å². The molecule has 2 fully saturated rings. The highest BCUT2D eigenvalue weighted by atomic mass is 127. The minimum absolute atomic E-state index is 0. The molecule has 148 valence electrons. The van der Waals surface area contributed by atoms with Gasteiger partial charge in [0.25, 0.3) is 0 Å². The van der Waals surface area contributed by atoms with Crippen LogP contribution in [0.5, 0.6) is 0 Å². The zero-order chi connectivity index (χ0) is 17.1. The first-order valence-electron chi connectivity index (χ1n) is 9.10. The summed E-state index contributed by atoms with van der Waals surface area (Å²) in [6, 6.07) is 0. The van der Waals surface area contributed by atoms with Crippen LogP contribution < -0.4 is 10.6 Å². The molecule has 2 heterocycles. The van der Waals surface area contributed by atoms with E-state index in [1.165, 1.54) is 0 Å². The maximum absolute atomic E-state index is 9.26. The third kappa shape index (κ3) is 8.38. The Morgan fingerprint density at radius 2 is 2.24 bits per heavy atom. The normalized spacial score (nSPS) is 26.5. The molecule has 25 heavy (non-hydrogen) atoms.